The topological polar surface area (TPSA) is 29.3 Å². The standard InChI is InChI=1S/C11H17BrN2S/c1-8(7-15-3)14(2)11-6-9(12)4-5-10(11)13/h4-6,8H,7,13H2,1-3H3. The van der Waals surface area contributed by atoms with E-state index in [1.165, 1.54) is 0 Å². The molecule has 0 fully saturated rings. The quantitative estimate of drug-likeness (QED) is 0.863. The zero-order chi connectivity index (χ0) is 11.4. The molecule has 2 nitrogen and oxygen atoms in total. The van der Waals surface area contributed by atoms with Crippen LogP contribution in [0.3, 0.4) is 0 Å². The van der Waals surface area contributed by atoms with E-state index in [1.807, 2.05) is 23.9 Å². The summed E-state index contributed by atoms with van der Waals surface area (Å²) in [7, 11) is 2.08. The summed E-state index contributed by atoms with van der Waals surface area (Å²) in [5.74, 6) is 1.10. The molecule has 1 aromatic carbocycles. The molecular weight excluding hydrogens is 272 g/mol. The van der Waals surface area contributed by atoms with Crippen LogP contribution in [0.4, 0.5) is 11.4 Å². The Bertz CT molecular complexity index is 330. The number of anilines is 2. The average Bonchev–Trinajstić information content (AvgIpc) is 2.21. The van der Waals surface area contributed by atoms with Gasteiger partial charge in [-0.3, -0.25) is 0 Å². The third-order valence-corrected chi connectivity index (χ3v) is 3.75. The van der Waals surface area contributed by atoms with E-state index in [9.17, 15) is 0 Å². The Balaban J connectivity index is 2.89. The van der Waals surface area contributed by atoms with Gasteiger partial charge in [0.2, 0.25) is 0 Å². The lowest BCUT2D eigenvalue weighted by molar-refractivity contribution is 0.766. The van der Waals surface area contributed by atoms with E-state index in [0.29, 0.717) is 6.04 Å². The van der Waals surface area contributed by atoms with Crippen molar-refractivity contribution < 1.29 is 0 Å². The molecule has 0 aliphatic rings. The summed E-state index contributed by atoms with van der Waals surface area (Å²) in [6.07, 6.45) is 2.12. The Morgan fingerprint density at radius 1 is 1.53 bits per heavy atom. The maximum absolute atomic E-state index is 5.96. The van der Waals surface area contributed by atoms with Crippen LogP contribution in [-0.4, -0.2) is 25.1 Å². The van der Waals surface area contributed by atoms with E-state index in [2.05, 4.69) is 47.1 Å². The van der Waals surface area contributed by atoms with Gasteiger partial charge in [-0.25, -0.2) is 0 Å². The van der Waals surface area contributed by atoms with Crippen molar-refractivity contribution in [3.05, 3.63) is 22.7 Å². The first kappa shape index (κ1) is 12.7. The first-order valence-electron chi connectivity index (χ1n) is 4.83. The van der Waals surface area contributed by atoms with Gasteiger partial charge in [0.05, 0.1) is 11.4 Å². The number of halogens is 1. The molecule has 0 aliphatic heterocycles. The predicted molar refractivity (Wildman–Crippen MR) is 74.8 cm³/mol. The molecule has 0 aromatic heterocycles. The fraction of sp³-hybridized carbons (Fsp3) is 0.455. The summed E-state index contributed by atoms with van der Waals surface area (Å²) >= 11 is 5.31. The lowest BCUT2D eigenvalue weighted by atomic mass is 10.2. The highest BCUT2D eigenvalue weighted by atomic mass is 79.9. The first-order valence-corrected chi connectivity index (χ1v) is 7.01. The van der Waals surface area contributed by atoms with Gasteiger partial charge in [-0.1, -0.05) is 15.9 Å². The molecule has 1 rings (SSSR count). The summed E-state index contributed by atoms with van der Waals surface area (Å²) < 4.78 is 1.06. The lowest BCUT2D eigenvalue weighted by Gasteiger charge is -2.27. The first-order chi connectivity index (χ1) is 7.06. The summed E-state index contributed by atoms with van der Waals surface area (Å²) in [5.41, 5.74) is 7.87. The molecule has 1 unspecified atom stereocenters. The van der Waals surface area contributed by atoms with E-state index in [4.69, 9.17) is 5.73 Å². The van der Waals surface area contributed by atoms with Gasteiger partial charge in [0.1, 0.15) is 0 Å². The van der Waals surface area contributed by atoms with Crippen molar-refractivity contribution in [1.29, 1.82) is 0 Å². The molecule has 0 amide bonds. The number of nitrogens with zero attached hydrogens (tertiary/aromatic N) is 1. The lowest BCUT2D eigenvalue weighted by Crippen LogP contribution is -2.31. The fourth-order valence-corrected chi connectivity index (χ4v) is 2.47. The van der Waals surface area contributed by atoms with Crippen molar-refractivity contribution in [3.8, 4) is 0 Å². The maximum Gasteiger partial charge on any atom is 0.0611 e. The van der Waals surface area contributed by atoms with E-state index in [0.717, 1.165) is 21.6 Å². The molecule has 0 saturated carbocycles. The molecule has 4 heteroatoms. The second-order valence-electron chi connectivity index (χ2n) is 3.62. The number of benzene rings is 1. The highest BCUT2D eigenvalue weighted by Gasteiger charge is 2.12. The Hall–Kier alpha value is -0.350. The average molecular weight is 289 g/mol. The Morgan fingerprint density at radius 3 is 2.80 bits per heavy atom. The van der Waals surface area contributed by atoms with Gasteiger partial charge in [-0.15, -0.1) is 0 Å². The van der Waals surface area contributed by atoms with Crippen molar-refractivity contribution in [1.82, 2.24) is 0 Å². The molecule has 2 N–H and O–H groups in total. The smallest absolute Gasteiger partial charge is 0.0611 e. The summed E-state index contributed by atoms with van der Waals surface area (Å²) in [6.45, 7) is 2.21. The molecule has 1 aromatic rings. The second kappa shape index (κ2) is 5.66. The van der Waals surface area contributed by atoms with Crippen LogP contribution >= 0.6 is 27.7 Å². The highest BCUT2D eigenvalue weighted by molar-refractivity contribution is 9.10. The third kappa shape index (κ3) is 3.31. The molecule has 0 radical (unpaired) electrons. The summed E-state index contributed by atoms with van der Waals surface area (Å²) in [6, 6.07) is 6.44. The van der Waals surface area contributed by atoms with Gasteiger partial charge in [-0.2, -0.15) is 11.8 Å². The molecule has 0 spiro atoms. The normalized spacial score (nSPS) is 12.5. The number of nitrogen functional groups attached to an aromatic ring is 1. The molecular formula is C11H17BrN2S. The van der Waals surface area contributed by atoms with Gasteiger partial charge in [0.15, 0.2) is 0 Å². The van der Waals surface area contributed by atoms with Crippen LogP contribution in [0, 0.1) is 0 Å². The molecule has 0 heterocycles. The monoisotopic (exact) mass is 288 g/mol. The maximum atomic E-state index is 5.96. The molecule has 0 bridgehead atoms. The van der Waals surface area contributed by atoms with Crippen molar-refractivity contribution in [2.24, 2.45) is 0 Å². The van der Waals surface area contributed by atoms with Crippen LogP contribution < -0.4 is 10.6 Å². The largest absolute Gasteiger partial charge is 0.397 e. The van der Waals surface area contributed by atoms with Crippen molar-refractivity contribution >= 4 is 39.1 Å². The Labute approximate surface area is 104 Å². The van der Waals surface area contributed by atoms with Crippen molar-refractivity contribution in [2.75, 3.05) is 29.7 Å². The number of thioether (sulfide) groups is 1. The zero-order valence-corrected chi connectivity index (χ0v) is 11.7. The fourth-order valence-electron chi connectivity index (χ4n) is 1.41. The van der Waals surface area contributed by atoms with Gasteiger partial charge >= 0.3 is 0 Å². The Kier molecular flexibility index (Phi) is 4.80. The van der Waals surface area contributed by atoms with Gasteiger partial charge < -0.3 is 10.6 Å². The molecule has 84 valence electrons. The van der Waals surface area contributed by atoms with Gasteiger partial charge in [-0.05, 0) is 31.4 Å². The SMILES string of the molecule is CSCC(C)N(C)c1cc(Br)ccc1N. The molecule has 15 heavy (non-hydrogen) atoms. The molecule has 0 aliphatic carbocycles. The minimum Gasteiger partial charge on any atom is -0.397 e. The van der Waals surface area contributed by atoms with E-state index in [1.54, 1.807) is 0 Å². The van der Waals surface area contributed by atoms with Crippen LogP contribution in [-0.2, 0) is 0 Å². The third-order valence-electron chi connectivity index (χ3n) is 2.44. The minimum absolute atomic E-state index is 0.483. The van der Waals surface area contributed by atoms with Crippen molar-refractivity contribution in [2.45, 2.75) is 13.0 Å². The molecule has 0 saturated heterocycles. The Morgan fingerprint density at radius 2 is 2.20 bits per heavy atom. The van der Waals surface area contributed by atoms with Gasteiger partial charge in [0, 0.05) is 23.3 Å². The van der Waals surface area contributed by atoms with Crippen molar-refractivity contribution in [3.63, 3.8) is 0 Å². The van der Waals surface area contributed by atoms with E-state index in [-0.39, 0.29) is 0 Å². The van der Waals surface area contributed by atoms with E-state index < -0.39 is 0 Å². The minimum atomic E-state index is 0.483. The summed E-state index contributed by atoms with van der Waals surface area (Å²) in [5, 5.41) is 0. The predicted octanol–water partition coefficient (Wildman–Crippen LogP) is 3.22. The molecule has 1 atom stereocenters. The number of nitrogens with two attached hydrogens (primary N) is 1. The van der Waals surface area contributed by atoms with Crippen LogP contribution in [0.25, 0.3) is 0 Å². The van der Waals surface area contributed by atoms with Crippen LogP contribution in [0.5, 0.6) is 0 Å². The number of rotatable bonds is 4. The van der Waals surface area contributed by atoms with Crippen LogP contribution in [0.15, 0.2) is 22.7 Å². The number of hydrogen-bond acceptors (Lipinski definition) is 3. The highest BCUT2D eigenvalue weighted by Crippen LogP contribution is 2.27. The second-order valence-corrected chi connectivity index (χ2v) is 5.44. The zero-order valence-electron chi connectivity index (χ0n) is 9.33. The summed E-state index contributed by atoms with van der Waals surface area (Å²) in [4.78, 5) is 2.22. The van der Waals surface area contributed by atoms with Crippen LogP contribution in [0.2, 0.25) is 0 Å². The van der Waals surface area contributed by atoms with Crippen LogP contribution in [0.1, 0.15) is 6.92 Å². The van der Waals surface area contributed by atoms with Gasteiger partial charge in [0.25, 0.3) is 0 Å². The number of hydrogen-bond donors (Lipinski definition) is 1. The van der Waals surface area contributed by atoms with E-state index >= 15 is 0 Å².